The minimum atomic E-state index is -1.20. The number of aromatic nitrogens is 4. The lowest BCUT2D eigenvalue weighted by atomic mass is 10.2. The topological polar surface area (TPSA) is 113 Å². The Bertz CT molecular complexity index is 1700. The average Bonchev–Trinajstić information content (AvgIpc) is 3.70. The van der Waals surface area contributed by atoms with Crippen LogP contribution in [-0.2, 0) is 25.7 Å². The molecule has 0 radical (unpaired) electrons. The van der Waals surface area contributed by atoms with E-state index in [4.69, 9.17) is 23.9 Å². The van der Waals surface area contributed by atoms with Gasteiger partial charge in [0.2, 0.25) is 0 Å². The number of nitrogens with zero attached hydrogens (tertiary/aromatic N) is 6. The molecule has 0 amide bonds. The maximum atomic E-state index is 12.2. The SMILES string of the molecule is COC(=O)c1csc(N(CCCC2COC(C)(C)O2)c2cc(C)c(N=c3sc4ccccc4n3COCC[Si](C)(C)C)nn2)n1. The predicted molar refractivity (Wildman–Crippen MR) is 181 cm³/mol. The number of carbonyl (C=O) groups excluding carboxylic acids is 1. The molecule has 1 aliphatic heterocycles. The number of aryl methyl sites for hydroxylation is 1. The summed E-state index contributed by atoms with van der Waals surface area (Å²) in [6.07, 6.45) is 1.62. The number of fused-ring (bicyclic) bond motifs is 1. The van der Waals surface area contributed by atoms with Crippen molar-refractivity contribution in [3.8, 4) is 0 Å². The van der Waals surface area contributed by atoms with Crippen LogP contribution < -0.4 is 9.70 Å². The highest BCUT2D eigenvalue weighted by atomic mass is 32.1. The van der Waals surface area contributed by atoms with E-state index in [1.165, 1.54) is 18.4 Å². The van der Waals surface area contributed by atoms with Crippen LogP contribution in [0.2, 0.25) is 25.7 Å². The van der Waals surface area contributed by atoms with Gasteiger partial charge in [0.1, 0.15) is 6.73 Å². The van der Waals surface area contributed by atoms with E-state index in [0.717, 1.165) is 46.1 Å². The summed E-state index contributed by atoms with van der Waals surface area (Å²) in [5.74, 6) is 0.117. The summed E-state index contributed by atoms with van der Waals surface area (Å²) in [5.41, 5.74) is 2.20. The summed E-state index contributed by atoms with van der Waals surface area (Å²) in [7, 11) is 0.150. The summed E-state index contributed by atoms with van der Waals surface area (Å²) in [4.78, 5) is 24.4. The van der Waals surface area contributed by atoms with E-state index in [0.29, 0.717) is 36.6 Å². The van der Waals surface area contributed by atoms with Crippen LogP contribution in [0.4, 0.5) is 16.8 Å². The monoisotopic (exact) mass is 670 g/mol. The van der Waals surface area contributed by atoms with Crippen LogP contribution in [0.25, 0.3) is 10.2 Å². The molecule has 0 N–H and O–H groups in total. The molecule has 4 heterocycles. The number of methoxy groups -OCH3 is 1. The van der Waals surface area contributed by atoms with E-state index < -0.39 is 19.8 Å². The number of para-hydroxylation sites is 1. The van der Waals surface area contributed by atoms with Gasteiger partial charge in [-0.1, -0.05) is 43.1 Å². The van der Waals surface area contributed by atoms with Crippen molar-refractivity contribution in [2.75, 3.05) is 31.8 Å². The first-order valence-corrected chi connectivity index (χ1v) is 20.5. The van der Waals surface area contributed by atoms with Crippen LogP contribution in [0, 0.1) is 6.92 Å². The van der Waals surface area contributed by atoms with Gasteiger partial charge in [0.25, 0.3) is 0 Å². The van der Waals surface area contributed by atoms with Crippen molar-refractivity contribution in [2.45, 2.75) is 77.9 Å². The standard InChI is InChI=1S/C31H42N6O5S2Si/c1-21-17-26(36(29-32-23(19-43-29)28(38)39-4)14-10-11-22-18-41-31(2,3)42-22)34-35-27(21)33-30-37(20-40-15-16-45(5,6)7)24-12-8-9-13-25(24)44-30/h8-9,12-13,17,19,22H,10-11,14-16,18,20H2,1-7H3. The Hall–Kier alpha value is -3.01. The van der Waals surface area contributed by atoms with Crippen molar-refractivity contribution in [1.29, 1.82) is 0 Å². The summed E-state index contributed by atoms with van der Waals surface area (Å²) in [6.45, 7) is 15.2. The van der Waals surface area contributed by atoms with Gasteiger partial charge in [-0.25, -0.2) is 9.78 Å². The average molecular weight is 671 g/mol. The maximum absolute atomic E-state index is 12.2. The first kappa shape index (κ1) is 33.4. The molecular weight excluding hydrogens is 629 g/mol. The molecule has 1 saturated heterocycles. The van der Waals surface area contributed by atoms with Crippen LogP contribution in [0.1, 0.15) is 42.7 Å². The first-order valence-electron chi connectivity index (χ1n) is 15.1. The summed E-state index contributed by atoms with van der Waals surface area (Å²) in [5, 5.41) is 11.5. The lowest BCUT2D eigenvalue weighted by molar-refractivity contribution is -0.138. The van der Waals surface area contributed by atoms with Gasteiger partial charge >= 0.3 is 5.97 Å². The largest absolute Gasteiger partial charge is 0.464 e. The minimum absolute atomic E-state index is 0.0188. The van der Waals surface area contributed by atoms with Crippen LogP contribution in [-0.4, -0.2) is 72.6 Å². The Morgan fingerprint density at radius 2 is 2.04 bits per heavy atom. The predicted octanol–water partition coefficient (Wildman–Crippen LogP) is 6.66. The summed E-state index contributed by atoms with van der Waals surface area (Å²) in [6, 6.07) is 11.3. The second-order valence-electron chi connectivity index (χ2n) is 12.7. The van der Waals surface area contributed by atoms with Gasteiger partial charge in [0.15, 0.2) is 33.0 Å². The van der Waals surface area contributed by atoms with Crippen molar-refractivity contribution in [3.05, 3.63) is 51.8 Å². The van der Waals surface area contributed by atoms with Crippen LogP contribution in [0.15, 0.2) is 40.7 Å². The van der Waals surface area contributed by atoms with Crippen LogP contribution in [0.5, 0.6) is 0 Å². The third-order valence-electron chi connectivity index (χ3n) is 7.32. The maximum Gasteiger partial charge on any atom is 0.357 e. The number of carbonyl (C=O) groups is 1. The minimum Gasteiger partial charge on any atom is -0.464 e. The van der Waals surface area contributed by atoms with E-state index in [-0.39, 0.29) is 11.8 Å². The van der Waals surface area contributed by atoms with Crippen molar-refractivity contribution in [2.24, 2.45) is 4.99 Å². The molecule has 242 valence electrons. The number of ether oxygens (including phenoxy) is 4. The van der Waals surface area contributed by atoms with E-state index in [2.05, 4.69) is 51.5 Å². The molecule has 1 aromatic carbocycles. The second kappa shape index (κ2) is 14.2. The van der Waals surface area contributed by atoms with Crippen LogP contribution in [0.3, 0.4) is 0 Å². The Labute approximate surface area is 272 Å². The third-order valence-corrected chi connectivity index (χ3v) is 10.9. The zero-order valence-corrected chi connectivity index (χ0v) is 29.7. The molecule has 0 spiro atoms. The Kier molecular flexibility index (Phi) is 10.5. The number of anilines is 2. The molecular formula is C31H42N6O5S2Si. The molecule has 3 aromatic heterocycles. The quantitative estimate of drug-likeness (QED) is 0.0876. The van der Waals surface area contributed by atoms with E-state index in [1.54, 1.807) is 16.7 Å². The van der Waals surface area contributed by atoms with Crippen molar-refractivity contribution in [1.82, 2.24) is 19.7 Å². The Morgan fingerprint density at radius 3 is 2.76 bits per heavy atom. The summed E-state index contributed by atoms with van der Waals surface area (Å²) < 4.78 is 26.0. The molecule has 0 bridgehead atoms. The fourth-order valence-corrected chi connectivity index (χ4v) is 7.45. The Balaban J connectivity index is 1.41. The second-order valence-corrected chi connectivity index (χ2v) is 20.2. The highest BCUT2D eigenvalue weighted by Crippen LogP contribution is 2.31. The van der Waals surface area contributed by atoms with Gasteiger partial charge in [-0.2, -0.15) is 4.99 Å². The van der Waals surface area contributed by atoms with Crippen molar-refractivity contribution >= 4 is 63.7 Å². The fourth-order valence-electron chi connectivity index (χ4n) is 4.84. The van der Waals surface area contributed by atoms with Gasteiger partial charge in [-0.15, -0.1) is 21.5 Å². The van der Waals surface area contributed by atoms with Crippen molar-refractivity contribution < 1.29 is 23.7 Å². The number of thiazole rings is 2. The van der Waals surface area contributed by atoms with Crippen LogP contribution >= 0.6 is 22.7 Å². The highest BCUT2D eigenvalue weighted by Gasteiger charge is 2.32. The molecule has 0 saturated carbocycles. The van der Waals surface area contributed by atoms with Gasteiger partial charge in [0.05, 0.1) is 30.0 Å². The molecule has 5 rings (SSSR count). The molecule has 1 unspecified atom stereocenters. The van der Waals surface area contributed by atoms with E-state index >= 15 is 0 Å². The van der Waals surface area contributed by atoms with E-state index in [9.17, 15) is 4.79 Å². The third kappa shape index (κ3) is 8.63. The van der Waals surface area contributed by atoms with Gasteiger partial charge < -0.3 is 23.8 Å². The first-order chi connectivity index (χ1) is 21.4. The molecule has 11 nitrogen and oxygen atoms in total. The smallest absolute Gasteiger partial charge is 0.357 e. The molecule has 4 aromatic rings. The number of rotatable bonds is 13. The molecule has 14 heteroatoms. The molecule has 1 fully saturated rings. The Morgan fingerprint density at radius 1 is 1.24 bits per heavy atom. The van der Waals surface area contributed by atoms with Crippen molar-refractivity contribution in [3.63, 3.8) is 0 Å². The molecule has 45 heavy (non-hydrogen) atoms. The zero-order valence-electron chi connectivity index (χ0n) is 27.0. The fraction of sp³-hybridized carbons (Fsp3) is 0.516. The van der Waals surface area contributed by atoms with E-state index in [1.807, 2.05) is 43.9 Å². The lowest BCUT2D eigenvalue weighted by Crippen LogP contribution is -2.24. The van der Waals surface area contributed by atoms with Gasteiger partial charge in [0, 0.05) is 26.6 Å². The molecule has 0 aliphatic carbocycles. The zero-order chi connectivity index (χ0) is 32.2. The number of hydrogen-bond acceptors (Lipinski definition) is 12. The summed E-state index contributed by atoms with van der Waals surface area (Å²) >= 11 is 2.96. The number of hydrogen-bond donors (Lipinski definition) is 0. The molecule has 1 atom stereocenters. The lowest BCUT2D eigenvalue weighted by Gasteiger charge is -2.22. The van der Waals surface area contributed by atoms with Gasteiger partial charge in [-0.3, -0.25) is 4.57 Å². The number of esters is 1. The normalized spacial score (nSPS) is 16.9. The molecule has 1 aliphatic rings. The highest BCUT2D eigenvalue weighted by molar-refractivity contribution is 7.16. The number of benzene rings is 1. The van der Waals surface area contributed by atoms with Gasteiger partial charge in [-0.05, 0) is 63.4 Å².